The predicted octanol–water partition coefficient (Wildman–Crippen LogP) is 4.36. The third-order valence-corrected chi connectivity index (χ3v) is 8.31. The summed E-state index contributed by atoms with van der Waals surface area (Å²) in [5.41, 5.74) is 3.01. The van der Waals surface area contributed by atoms with E-state index in [1.807, 2.05) is 18.2 Å². The highest BCUT2D eigenvalue weighted by molar-refractivity contribution is 6.30. The van der Waals surface area contributed by atoms with E-state index in [2.05, 4.69) is 20.5 Å². The molecule has 0 radical (unpaired) electrons. The van der Waals surface area contributed by atoms with E-state index in [4.69, 9.17) is 16.3 Å². The van der Waals surface area contributed by atoms with E-state index in [1.54, 1.807) is 13.2 Å². The molecule has 1 fully saturated rings. The number of benzene rings is 3. The van der Waals surface area contributed by atoms with E-state index < -0.39 is 29.6 Å². The van der Waals surface area contributed by atoms with Crippen LogP contribution >= 0.6 is 11.6 Å². The summed E-state index contributed by atoms with van der Waals surface area (Å²) in [6.07, 6.45) is 2.77. The number of aromatic nitrogens is 3. The molecule has 0 spiro atoms. The summed E-state index contributed by atoms with van der Waals surface area (Å²) in [5, 5.41) is 19.9. The number of methoxy groups -OCH3 is 1. The van der Waals surface area contributed by atoms with Crippen LogP contribution in [0.1, 0.15) is 44.4 Å². The highest BCUT2D eigenvalue weighted by atomic mass is 35.5. The normalized spacial score (nSPS) is 17.8. The molecule has 1 aromatic heterocycles. The lowest BCUT2D eigenvalue weighted by atomic mass is 9.89. The van der Waals surface area contributed by atoms with Gasteiger partial charge in [-0.25, -0.2) is 13.9 Å². The molecule has 226 valence electrons. The summed E-state index contributed by atoms with van der Waals surface area (Å²) in [4.78, 5) is 42.9. The van der Waals surface area contributed by atoms with Crippen molar-refractivity contribution in [3.05, 3.63) is 100 Å². The van der Waals surface area contributed by atoms with Crippen molar-refractivity contribution < 1.29 is 28.6 Å². The Balaban J connectivity index is 1.35. The van der Waals surface area contributed by atoms with Crippen molar-refractivity contribution >= 4 is 40.8 Å². The van der Waals surface area contributed by atoms with Crippen molar-refractivity contribution in [1.29, 1.82) is 0 Å². The number of anilines is 2. The Hall–Kier alpha value is -4.81. The number of hydrogen-bond acceptors (Lipinski definition) is 7. The predicted molar refractivity (Wildman–Crippen MR) is 160 cm³/mol. The molecule has 0 saturated carbocycles. The lowest BCUT2D eigenvalue weighted by molar-refractivity contribution is -0.121. The van der Waals surface area contributed by atoms with E-state index >= 15 is 0 Å². The van der Waals surface area contributed by atoms with Crippen LogP contribution in [0.3, 0.4) is 0 Å². The number of carboxylic acid groups (broad SMARTS) is 1. The largest absolute Gasteiger partial charge is 0.478 e. The second-order valence-corrected chi connectivity index (χ2v) is 11.0. The Kier molecular flexibility index (Phi) is 8.02. The minimum Gasteiger partial charge on any atom is -0.478 e. The molecule has 6 rings (SSSR count). The van der Waals surface area contributed by atoms with Crippen molar-refractivity contribution in [2.45, 2.75) is 25.0 Å². The Morgan fingerprint density at radius 2 is 1.80 bits per heavy atom. The highest BCUT2D eigenvalue weighted by Gasteiger charge is 2.39. The molecule has 3 heterocycles. The Labute approximate surface area is 256 Å². The van der Waals surface area contributed by atoms with Crippen molar-refractivity contribution in [2.24, 2.45) is 0 Å². The number of amides is 2. The van der Waals surface area contributed by atoms with Crippen LogP contribution in [0.25, 0.3) is 5.69 Å². The van der Waals surface area contributed by atoms with E-state index in [0.717, 1.165) is 28.9 Å². The zero-order valence-electron chi connectivity index (χ0n) is 23.6. The van der Waals surface area contributed by atoms with Gasteiger partial charge in [-0.1, -0.05) is 35.0 Å². The molecule has 2 aliphatic heterocycles. The standard InChI is InChI=1S/C31H28ClFN6O5/c1-44-20-12-14-37(16-20)25-6-2-4-22-21(25)13-15-38(28(22)29(40)34-19-10-8-18(9-11-19)31(42)43)30(41)24-17-39(36-35-24)26-7-3-5-23(32)27(26)33/h2-11,17,20,28H,12-16H2,1H3,(H,34,40)(H,42,43)/t20-,28?/m1/s1. The van der Waals surface area contributed by atoms with Gasteiger partial charge in [0.15, 0.2) is 11.5 Å². The molecule has 4 aromatic rings. The van der Waals surface area contributed by atoms with Crippen LogP contribution in [-0.2, 0) is 16.0 Å². The zero-order valence-corrected chi connectivity index (χ0v) is 24.4. The summed E-state index contributed by atoms with van der Waals surface area (Å²) in [7, 11) is 1.69. The van der Waals surface area contributed by atoms with Gasteiger partial charge in [0.25, 0.3) is 11.8 Å². The molecule has 0 bridgehead atoms. The first-order valence-corrected chi connectivity index (χ1v) is 14.3. The maximum atomic E-state index is 14.7. The number of nitrogens with one attached hydrogen (secondary N) is 1. The number of carbonyl (C=O) groups excluding carboxylic acids is 2. The fraction of sp³-hybridized carbons (Fsp3) is 0.258. The smallest absolute Gasteiger partial charge is 0.335 e. The van der Waals surface area contributed by atoms with Gasteiger partial charge in [-0.15, -0.1) is 5.10 Å². The summed E-state index contributed by atoms with van der Waals surface area (Å²) in [6, 6.07) is 14.9. The van der Waals surface area contributed by atoms with E-state index in [0.29, 0.717) is 24.2 Å². The third kappa shape index (κ3) is 5.49. The summed E-state index contributed by atoms with van der Waals surface area (Å²) < 4.78 is 21.3. The molecule has 0 aliphatic carbocycles. The van der Waals surface area contributed by atoms with Crippen LogP contribution in [-0.4, -0.2) is 75.6 Å². The summed E-state index contributed by atoms with van der Waals surface area (Å²) in [5.74, 6) is -2.83. The molecule has 3 aromatic carbocycles. The molecule has 2 aliphatic rings. The molecular formula is C31H28ClFN6O5. The average Bonchev–Trinajstić information content (AvgIpc) is 3.72. The van der Waals surface area contributed by atoms with E-state index in [1.165, 1.54) is 47.5 Å². The number of carbonyl (C=O) groups is 3. The van der Waals surface area contributed by atoms with Gasteiger partial charge in [-0.2, -0.15) is 0 Å². The molecule has 1 unspecified atom stereocenters. The molecule has 2 atom stereocenters. The van der Waals surface area contributed by atoms with Crippen LogP contribution in [0.15, 0.2) is 66.9 Å². The molecule has 11 nitrogen and oxygen atoms in total. The monoisotopic (exact) mass is 618 g/mol. The van der Waals surface area contributed by atoms with Gasteiger partial charge >= 0.3 is 5.97 Å². The van der Waals surface area contributed by atoms with Crippen LogP contribution in [0, 0.1) is 5.82 Å². The maximum absolute atomic E-state index is 14.7. The Bertz CT molecular complexity index is 1750. The molecule has 1 saturated heterocycles. The number of hydrogen-bond donors (Lipinski definition) is 2. The van der Waals surface area contributed by atoms with Crippen molar-refractivity contribution in [3.63, 3.8) is 0 Å². The number of nitrogens with zero attached hydrogens (tertiary/aromatic N) is 5. The van der Waals surface area contributed by atoms with Crippen LogP contribution < -0.4 is 10.2 Å². The minimum absolute atomic E-state index is 0.0248. The number of halogens is 2. The van der Waals surface area contributed by atoms with Gasteiger partial charge < -0.3 is 25.0 Å². The fourth-order valence-electron chi connectivity index (χ4n) is 5.79. The number of fused-ring (bicyclic) bond motifs is 1. The zero-order chi connectivity index (χ0) is 31.0. The molecule has 2 N–H and O–H groups in total. The second kappa shape index (κ2) is 12.1. The third-order valence-electron chi connectivity index (χ3n) is 8.01. The highest BCUT2D eigenvalue weighted by Crippen LogP contribution is 2.38. The van der Waals surface area contributed by atoms with E-state index in [9.17, 15) is 23.9 Å². The average molecular weight is 619 g/mol. The second-order valence-electron chi connectivity index (χ2n) is 10.6. The quantitative estimate of drug-likeness (QED) is 0.313. The van der Waals surface area contributed by atoms with Crippen molar-refractivity contribution in [3.8, 4) is 5.69 Å². The lowest BCUT2D eigenvalue weighted by Crippen LogP contribution is -2.46. The van der Waals surface area contributed by atoms with Gasteiger partial charge in [0, 0.05) is 38.1 Å². The first-order chi connectivity index (χ1) is 21.2. The molecule has 44 heavy (non-hydrogen) atoms. The van der Waals surface area contributed by atoms with E-state index in [-0.39, 0.29) is 34.6 Å². The Morgan fingerprint density at radius 1 is 1.05 bits per heavy atom. The molecular weight excluding hydrogens is 591 g/mol. The lowest BCUT2D eigenvalue weighted by Gasteiger charge is -2.38. The van der Waals surface area contributed by atoms with Gasteiger partial charge in [0.1, 0.15) is 11.7 Å². The van der Waals surface area contributed by atoms with Crippen LogP contribution in [0.2, 0.25) is 5.02 Å². The summed E-state index contributed by atoms with van der Waals surface area (Å²) in [6.45, 7) is 1.72. The summed E-state index contributed by atoms with van der Waals surface area (Å²) >= 11 is 5.93. The number of carboxylic acids is 1. The molecule has 13 heteroatoms. The number of ether oxygens (including phenoxy) is 1. The van der Waals surface area contributed by atoms with Gasteiger partial charge in [0.2, 0.25) is 0 Å². The first-order valence-electron chi connectivity index (χ1n) is 14.0. The fourth-order valence-corrected chi connectivity index (χ4v) is 5.96. The van der Waals surface area contributed by atoms with Crippen LogP contribution in [0.5, 0.6) is 0 Å². The topological polar surface area (TPSA) is 130 Å². The first kappa shape index (κ1) is 29.3. The Morgan fingerprint density at radius 3 is 2.52 bits per heavy atom. The van der Waals surface area contributed by atoms with Crippen LogP contribution in [0.4, 0.5) is 15.8 Å². The SMILES string of the molecule is CO[C@@H]1CCN(c2cccc3c2CCN(C(=O)c2cn(-c4cccc(Cl)c4F)nn2)C3C(=O)Nc2ccc(C(=O)O)cc2)C1. The number of rotatable bonds is 7. The van der Waals surface area contributed by atoms with Gasteiger partial charge in [-0.3, -0.25) is 9.59 Å². The molecule has 2 amide bonds. The van der Waals surface area contributed by atoms with Crippen molar-refractivity contribution in [1.82, 2.24) is 19.9 Å². The van der Waals surface area contributed by atoms with Gasteiger partial charge in [-0.05, 0) is 66.4 Å². The minimum atomic E-state index is -1.09. The van der Waals surface area contributed by atoms with Gasteiger partial charge in [0.05, 0.1) is 22.9 Å². The van der Waals surface area contributed by atoms with Crippen molar-refractivity contribution in [2.75, 3.05) is 37.0 Å². The number of aromatic carboxylic acids is 1. The maximum Gasteiger partial charge on any atom is 0.335 e.